The molecule has 0 heterocycles. The van der Waals surface area contributed by atoms with Crippen molar-refractivity contribution >= 4 is 17.4 Å². The normalized spacial score (nSPS) is 13.4. The molecule has 0 unspecified atom stereocenters. The lowest BCUT2D eigenvalue weighted by molar-refractivity contribution is -0.139. The Morgan fingerprint density at radius 2 is 1.35 bits per heavy atom. The molecule has 2 N–H and O–H groups in total. The largest absolute Gasteiger partial charge is 0.419 e. The second kappa shape index (κ2) is 8.41. The van der Waals surface area contributed by atoms with Gasteiger partial charge in [-0.05, 0) is 78.3 Å². The lowest BCUT2D eigenvalue weighted by atomic mass is 9.89. The van der Waals surface area contributed by atoms with E-state index in [9.17, 15) is 22.4 Å². The zero-order valence-corrected chi connectivity index (χ0v) is 16.5. The number of hydrogen-bond donors (Lipinski definition) is 2. The Morgan fingerprint density at radius 3 is 2.06 bits per heavy atom. The van der Waals surface area contributed by atoms with Gasteiger partial charge in [0.2, 0.25) is 0 Å². The number of hydrogen-bond acceptors (Lipinski definition) is 1. The SMILES string of the molecule is O=C(Nc1ccc(-c2ccc3c(c2)CCCC3)cc1)Nc1ccc(F)c(C(F)(F)F)c1. The van der Waals surface area contributed by atoms with Crippen molar-refractivity contribution in [3.05, 3.63) is 83.2 Å². The standard InChI is InChI=1S/C24H20F4N2O/c25-22-12-11-20(14-21(22)24(26,27)28)30-23(31)29-19-9-7-16(8-10-19)18-6-5-15-3-1-2-4-17(15)13-18/h5-14H,1-4H2,(H2,29,30,31). The van der Waals surface area contributed by atoms with Crippen LogP contribution in [0.5, 0.6) is 0 Å². The lowest BCUT2D eigenvalue weighted by Gasteiger charge is -2.17. The van der Waals surface area contributed by atoms with Gasteiger partial charge in [0.05, 0.1) is 5.56 Å². The molecular formula is C24H20F4N2O. The number of benzene rings is 3. The minimum absolute atomic E-state index is 0.156. The van der Waals surface area contributed by atoms with Crippen LogP contribution in [0.4, 0.5) is 33.7 Å². The van der Waals surface area contributed by atoms with E-state index in [1.807, 2.05) is 12.1 Å². The highest BCUT2D eigenvalue weighted by Gasteiger charge is 2.34. The Balaban J connectivity index is 1.43. The molecule has 4 rings (SSSR count). The van der Waals surface area contributed by atoms with E-state index < -0.39 is 23.6 Å². The average Bonchev–Trinajstić information content (AvgIpc) is 2.74. The van der Waals surface area contributed by atoms with Crippen molar-refractivity contribution in [3.8, 4) is 11.1 Å². The number of anilines is 2. The molecule has 0 aliphatic heterocycles. The van der Waals surface area contributed by atoms with E-state index in [1.54, 1.807) is 12.1 Å². The highest BCUT2D eigenvalue weighted by Crippen LogP contribution is 2.33. The summed E-state index contributed by atoms with van der Waals surface area (Å²) in [6.07, 6.45) is -0.212. The Bertz CT molecular complexity index is 1110. The first kappa shape index (κ1) is 20.9. The Labute approximate surface area is 177 Å². The van der Waals surface area contributed by atoms with Crippen LogP contribution in [0, 0.1) is 5.82 Å². The van der Waals surface area contributed by atoms with Gasteiger partial charge >= 0.3 is 12.2 Å². The molecule has 160 valence electrons. The van der Waals surface area contributed by atoms with Crippen molar-refractivity contribution < 1.29 is 22.4 Å². The van der Waals surface area contributed by atoms with Crippen LogP contribution in [-0.2, 0) is 19.0 Å². The maximum absolute atomic E-state index is 13.4. The molecule has 31 heavy (non-hydrogen) atoms. The van der Waals surface area contributed by atoms with Crippen LogP contribution in [0.25, 0.3) is 11.1 Å². The van der Waals surface area contributed by atoms with Gasteiger partial charge in [0.1, 0.15) is 5.82 Å². The molecule has 0 saturated heterocycles. The van der Waals surface area contributed by atoms with Gasteiger partial charge in [-0.25, -0.2) is 9.18 Å². The van der Waals surface area contributed by atoms with Gasteiger partial charge in [-0.15, -0.1) is 0 Å². The van der Waals surface area contributed by atoms with Crippen LogP contribution in [-0.4, -0.2) is 6.03 Å². The number of urea groups is 1. The maximum atomic E-state index is 13.4. The van der Waals surface area contributed by atoms with Crippen molar-refractivity contribution in [3.63, 3.8) is 0 Å². The van der Waals surface area contributed by atoms with Gasteiger partial charge in [-0.1, -0.05) is 30.3 Å². The highest BCUT2D eigenvalue weighted by atomic mass is 19.4. The summed E-state index contributed by atoms with van der Waals surface area (Å²) in [4.78, 5) is 12.1. The molecule has 3 aromatic carbocycles. The Morgan fingerprint density at radius 1 is 0.742 bits per heavy atom. The van der Waals surface area contributed by atoms with Gasteiger partial charge < -0.3 is 10.6 Å². The molecule has 7 heteroatoms. The average molecular weight is 428 g/mol. The summed E-state index contributed by atoms with van der Waals surface area (Å²) in [6.45, 7) is 0. The van der Waals surface area contributed by atoms with Crippen molar-refractivity contribution in [1.29, 1.82) is 0 Å². The van der Waals surface area contributed by atoms with Crippen LogP contribution in [0.1, 0.15) is 29.5 Å². The fraction of sp³-hybridized carbons (Fsp3) is 0.208. The minimum atomic E-state index is -4.84. The molecule has 0 spiro atoms. The molecule has 3 aromatic rings. The van der Waals surface area contributed by atoms with E-state index in [-0.39, 0.29) is 5.69 Å². The van der Waals surface area contributed by atoms with Gasteiger partial charge in [0.15, 0.2) is 0 Å². The third kappa shape index (κ3) is 4.87. The molecule has 0 saturated carbocycles. The fourth-order valence-corrected chi connectivity index (χ4v) is 3.77. The van der Waals surface area contributed by atoms with E-state index in [0.29, 0.717) is 17.8 Å². The number of carbonyl (C=O) groups is 1. The van der Waals surface area contributed by atoms with E-state index in [2.05, 4.69) is 28.8 Å². The number of carbonyl (C=O) groups excluding carboxylic acids is 1. The third-order valence-electron chi connectivity index (χ3n) is 5.35. The molecule has 3 nitrogen and oxygen atoms in total. The van der Waals surface area contributed by atoms with Gasteiger partial charge in [-0.3, -0.25) is 0 Å². The molecule has 0 fully saturated rings. The predicted octanol–water partition coefficient (Wildman–Crippen LogP) is 7.03. The molecule has 0 aromatic heterocycles. The van der Waals surface area contributed by atoms with Gasteiger partial charge in [-0.2, -0.15) is 13.2 Å². The zero-order chi connectivity index (χ0) is 22.0. The number of alkyl halides is 3. The van der Waals surface area contributed by atoms with E-state index in [1.165, 1.54) is 24.0 Å². The highest BCUT2D eigenvalue weighted by molar-refractivity contribution is 5.99. The van der Waals surface area contributed by atoms with Crippen LogP contribution >= 0.6 is 0 Å². The summed E-state index contributed by atoms with van der Waals surface area (Å²) in [5.74, 6) is -1.39. The van der Waals surface area contributed by atoms with Crippen molar-refractivity contribution in [2.45, 2.75) is 31.9 Å². The number of rotatable bonds is 3. The summed E-state index contributed by atoms with van der Waals surface area (Å²) in [5, 5.41) is 4.86. The quantitative estimate of drug-likeness (QED) is 0.432. The zero-order valence-electron chi connectivity index (χ0n) is 16.5. The molecule has 1 aliphatic rings. The Kier molecular flexibility index (Phi) is 5.67. The molecule has 0 bridgehead atoms. The van der Waals surface area contributed by atoms with Gasteiger partial charge in [0.25, 0.3) is 0 Å². The lowest BCUT2D eigenvalue weighted by Crippen LogP contribution is -2.20. The number of halogens is 4. The summed E-state index contributed by atoms with van der Waals surface area (Å²) < 4.78 is 51.8. The monoisotopic (exact) mass is 428 g/mol. The molecule has 0 radical (unpaired) electrons. The number of fused-ring (bicyclic) bond motifs is 1. The van der Waals surface area contributed by atoms with E-state index in [4.69, 9.17) is 0 Å². The van der Waals surface area contributed by atoms with Crippen LogP contribution in [0.2, 0.25) is 0 Å². The first-order valence-electron chi connectivity index (χ1n) is 9.96. The third-order valence-corrected chi connectivity index (χ3v) is 5.35. The fourth-order valence-electron chi connectivity index (χ4n) is 3.77. The predicted molar refractivity (Wildman–Crippen MR) is 113 cm³/mol. The van der Waals surface area contributed by atoms with E-state index in [0.717, 1.165) is 30.0 Å². The maximum Gasteiger partial charge on any atom is 0.419 e. The second-order valence-electron chi connectivity index (χ2n) is 7.54. The molecule has 0 atom stereocenters. The summed E-state index contributed by atoms with van der Waals surface area (Å²) in [5.41, 5.74) is 3.78. The molecule has 1 aliphatic carbocycles. The van der Waals surface area contributed by atoms with Gasteiger partial charge in [0, 0.05) is 11.4 Å². The summed E-state index contributed by atoms with van der Waals surface area (Å²) >= 11 is 0. The molecular weight excluding hydrogens is 408 g/mol. The van der Waals surface area contributed by atoms with E-state index >= 15 is 0 Å². The number of nitrogens with one attached hydrogen (secondary N) is 2. The number of amides is 2. The molecule has 2 amide bonds. The van der Waals surface area contributed by atoms with Crippen molar-refractivity contribution in [2.24, 2.45) is 0 Å². The van der Waals surface area contributed by atoms with Crippen LogP contribution < -0.4 is 10.6 Å². The first-order chi connectivity index (χ1) is 14.8. The number of aryl methyl sites for hydroxylation is 2. The van der Waals surface area contributed by atoms with Crippen LogP contribution in [0.15, 0.2) is 60.7 Å². The summed E-state index contributed by atoms with van der Waals surface area (Å²) in [6, 6.07) is 15.2. The summed E-state index contributed by atoms with van der Waals surface area (Å²) in [7, 11) is 0. The van der Waals surface area contributed by atoms with Crippen LogP contribution in [0.3, 0.4) is 0 Å². The van der Waals surface area contributed by atoms with Crippen molar-refractivity contribution in [2.75, 3.05) is 10.6 Å². The van der Waals surface area contributed by atoms with Crippen molar-refractivity contribution in [1.82, 2.24) is 0 Å². The first-order valence-corrected chi connectivity index (χ1v) is 9.96. The Hall–Kier alpha value is -3.35. The topological polar surface area (TPSA) is 41.1 Å². The second-order valence-corrected chi connectivity index (χ2v) is 7.54. The minimum Gasteiger partial charge on any atom is -0.308 e. The smallest absolute Gasteiger partial charge is 0.308 e.